The number of rotatable bonds is 5. The van der Waals surface area contributed by atoms with E-state index in [1.807, 2.05) is 25.1 Å². The third kappa shape index (κ3) is 4.66. The summed E-state index contributed by atoms with van der Waals surface area (Å²) < 4.78 is 5.22. The standard InChI is InChI=1S/C21H18ClN3O3/c1-13-4-3-5-16(10-13)24-20(26)14-8-9-23-18(11-14)21(27)25-17-12-15(22)6-7-19(17)28-2/h3-12H,1-2H3,(H,24,26)(H,25,27). The summed E-state index contributed by atoms with van der Waals surface area (Å²) in [5.74, 6) is -0.348. The highest BCUT2D eigenvalue weighted by atomic mass is 35.5. The summed E-state index contributed by atoms with van der Waals surface area (Å²) in [4.78, 5) is 29.1. The average Bonchev–Trinajstić information content (AvgIpc) is 2.68. The lowest BCUT2D eigenvalue weighted by Gasteiger charge is -2.11. The van der Waals surface area contributed by atoms with E-state index < -0.39 is 5.91 Å². The van der Waals surface area contributed by atoms with Crippen LogP contribution in [0.3, 0.4) is 0 Å². The van der Waals surface area contributed by atoms with Crippen molar-refractivity contribution in [2.75, 3.05) is 17.7 Å². The zero-order valence-electron chi connectivity index (χ0n) is 15.3. The van der Waals surface area contributed by atoms with Gasteiger partial charge < -0.3 is 15.4 Å². The predicted molar refractivity (Wildman–Crippen MR) is 109 cm³/mol. The molecular weight excluding hydrogens is 378 g/mol. The first-order valence-electron chi connectivity index (χ1n) is 8.45. The van der Waals surface area contributed by atoms with Crippen molar-refractivity contribution in [3.63, 3.8) is 0 Å². The molecule has 1 heterocycles. The Balaban J connectivity index is 1.78. The number of hydrogen-bond donors (Lipinski definition) is 2. The second-order valence-electron chi connectivity index (χ2n) is 6.05. The van der Waals surface area contributed by atoms with Gasteiger partial charge >= 0.3 is 0 Å². The van der Waals surface area contributed by atoms with Crippen molar-refractivity contribution in [1.82, 2.24) is 4.98 Å². The van der Waals surface area contributed by atoms with Gasteiger partial charge in [0, 0.05) is 22.5 Å². The van der Waals surface area contributed by atoms with Crippen LogP contribution in [0.2, 0.25) is 5.02 Å². The van der Waals surface area contributed by atoms with Crippen LogP contribution in [-0.2, 0) is 0 Å². The average molecular weight is 396 g/mol. The Hall–Kier alpha value is -3.38. The van der Waals surface area contributed by atoms with Gasteiger partial charge in [0.25, 0.3) is 11.8 Å². The number of halogens is 1. The second kappa shape index (κ2) is 8.54. The second-order valence-corrected chi connectivity index (χ2v) is 6.49. The number of benzene rings is 2. The maximum Gasteiger partial charge on any atom is 0.274 e. The van der Waals surface area contributed by atoms with Crippen LogP contribution in [0.5, 0.6) is 5.75 Å². The first-order valence-corrected chi connectivity index (χ1v) is 8.83. The molecule has 0 radical (unpaired) electrons. The van der Waals surface area contributed by atoms with Crippen molar-refractivity contribution < 1.29 is 14.3 Å². The van der Waals surface area contributed by atoms with Crippen LogP contribution in [-0.4, -0.2) is 23.9 Å². The molecule has 3 rings (SSSR count). The van der Waals surface area contributed by atoms with E-state index in [-0.39, 0.29) is 11.6 Å². The number of nitrogens with zero attached hydrogens (tertiary/aromatic N) is 1. The lowest BCUT2D eigenvalue weighted by molar-refractivity contribution is 0.102. The van der Waals surface area contributed by atoms with Gasteiger partial charge in [-0.25, -0.2) is 0 Å². The SMILES string of the molecule is COc1ccc(Cl)cc1NC(=O)c1cc(C(=O)Nc2cccc(C)c2)ccn1. The molecule has 2 amide bonds. The van der Waals surface area contributed by atoms with Crippen molar-refractivity contribution in [1.29, 1.82) is 0 Å². The van der Waals surface area contributed by atoms with Crippen LogP contribution >= 0.6 is 11.6 Å². The first-order chi connectivity index (χ1) is 13.5. The number of pyridine rings is 1. The quantitative estimate of drug-likeness (QED) is 0.663. The van der Waals surface area contributed by atoms with Gasteiger partial charge in [-0.3, -0.25) is 14.6 Å². The fourth-order valence-electron chi connectivity index (χ4n) is 2.59. The minimum Gasteiger partial charge on any atom is -0.495 e. The van der Waals surface area contributed by atoms with E-state index in [1.54, 1.807) is 30.3 Å². The Morgan fingerprint density at radius 2 is 1.82 bits per heavy atom. The van der Waals surface area contributed by atoms with Crippen LogP contribution in [0.25, 0.3) is 0 Å². The highest BCUT2D eigenvalue weighted by Gasteiger charge is 2.14. The van der Waals surface area contributed by atoms with E-state index in [0.717, 1.165) is 5.56 Å². The Bertz CT molecular complexity index is 1040. The topological polar surface area (TPSA) is 80.3 Å². The molecule has 1 aromatic heterocycles. The maximum atomic E-state index is 12.6. The molecule has 2 aromatic carbocycles. The van der Waals surface area contributed by atoms with Crippen LogP contribution in [0, 0.1) is 6.92 Å². The van der Waals surface area contributed by atoms with Crippen molar-refractivity contribution in [2.24, 2.45) is 0 Å². The summed E-state index contributed by atoms with van der Waals surface area (Å²) in [6, 6.07) is 15.3. The van der Waals surface area contributed by atoms with Crippen LogP contribution in [0.4, 0.5) is 11.4 Å². The number of carbonyl (C=O) groups excluding carboxylic acids is 2. The van der Waals surface area contributed by atoms with Gasteiger partial charge in [-0.15, -0.1) is 0 Å². The summed E-state index contributed by atoms with van der Waals surface area (Å²) in [6.45, 7) is 1.94. The monoisotopic (exact) mass is 395 g/mol. The van der Waals surface area contributed by atoms with E-state index in [1.165, 1.54) is 19.4 Å². The number of aryl methyl sites for hydroxylation is 1. The van der Waals surface area contributed by atoms with Gasteiger partial charge in [0.15, 0.2) is 0 Å². The summed E-state index contributed by atoms with van der Waals surface area (Å²) >= 11 is 5.98. The molecule has 0 aliphatic rings. The molecule has 3 aromatic rings. The van der Waals surface area contributed by atoms with E-state index in [2.05, 4.69) is 15.6 Å². The number of anilines is 2. The van der Waals surface area contributed by atoms with Gasteiger partial charge in [0.1, 0.15) is 11.4 Å². The zero-order valence-corrected chi connectivity index (χ0v) is 16.1. The van der Waals surface area contributed by atoms with E-state index >= 15 is 0 Å². The predicted octanol–water partition coefficient (Wildman–Crippen LogP) is 4.56. The van der Waals surface area contributed by atoms with Crippen molar-refractivity contribution in [2.45, 2.75) is 6.92 Å². The normalized spacial score (nSPS) is 10.2. The molecule has 0 aliphatic carbocycles. The fraction of sp³-hybridized carbons (Fsp3) is 0.0952. The molecule has 0 unspecified atom stereocenters. The number of aromatic nitrogens is 1. The molecule has 6 nitrogen and oxygen atoms in total. The van der Waals surface area contributed by atoms with Crippen molar-refractivity contribution >= 4 is 34.8 Å². The molecule has 2 N–H and O–H groups in total. The molecular formula is C21H18ClN3O3. The number of ether oxygens (including phenoxy) is 1. The van der Waals surface area contributed by atoms with E-state index in [4.69, 9.17) is 16.3 Å². The van der Waals surface area contributed by atoms with Gasteiger partial charge in [-0.05, 0) is 55.0 Å². The fourth-order valence-corrected chi connectivity index (χ4v) is 2.76. The zero-order chi connectivity index (χ0) is 20.1. The molecule has 0 saturated heterocycles. The van der Waals surface area contributed by atoms with Crippen molar-refractivity contribution in [3.8, 4) is 5.75 Å². The molecule has 0 atom stereocenters. The molecule has 28 heavy (non-hydrogen) atoms. The lowest BCUT2D eigenvalue weighted by Crippen LogP contribution is -2.17. The number of carbonyl (C=O) groups is 2. The summed E-state index contributed by atoms with van der Waals surface area (Å²) in [6.07, 6.45) is 1.41. The number of hydrogen-bond acceptors (Lipinski definition) is 4. The molecule has 142 valence electrons. The minimum atomic E-state index is -0.481. The van der Waals surface area contributed by atoms with Crippen LogP contribution in [0.1, 0.15) is 26.4 Å². The van der Waals surface area contributed by atoms with Gasteiger partial charge in [0.05, 0.1) is 12.8 Å². The van der Waals surface area contributed by atoms with E-state index in [9.17, 15) is 9.59 Å². The smallest absolute Gasteiger partial charge is 0.274 e. The molecule has 0 bridgehead atoms. The molecule has 0 fully saturated rings. The lowest BCUT2D eigenvalue weighted by atomic mass is 10.2. The first kappa shape index (κ1) is 19.4. The van der Waals surface area contributed by atoms with Gasteiger partial charge in [0.2, 0.25) is 0 Å². The third-order valence-corrected chi connectivity index (χ3v) is 4.18. The Kier molecular flexibility index (Phi) is 5.91. The number of amides is 2. The maximum absolute atomic E-state index is 12.6. The molecule has 0 saturated carbocycles. The Morgan fingerprint density at radius 1 is 1.00 bits per heavy atom. The number of methoxy groups -OCH3 is 1. The highest BCUT2D eigenvalue weighted by Crippen LogP contribution is 2.28. The van der Waals surface area contributed by atoms with Crippen molar-refractivity contribution in [3.05, 3.63) is 82.6 Å². The highest BCUT2D eigenvalue weighted by molar-refractivity contribution is 6.31. The molecule has 0 aliphatic heterocycles. The van der Waals surface area contributed by atoms with Gasteiger partial charge in [-0.2, -0.15) is 0 Å². The summed E-state index contributed by atoms with van der Waals surface area (Å²) in [5, 5.41) is 5.96. The molecule has 0 spiro atoms. The molecule has 7 heteroatoms. The third-order valence-electron chi connectivity index (χ3n) is 3.94. The number of nitrogens with one attached hydrogen (secondary N) is 2. The van der Waals surface area contributed by atoms with Crippen LogP contribution < -0.4 is 15.4 Å². The Labute approximate surface area is 167 Å². The minimum absolute atomic E-state index is 0.0962. The summed E-state index contributed by atoms with van der Waals surface area (Å²) in [7, 11) is 1.49. The summed E-state index contributed by atoms with van der Waals surface area (Å²) in [5.41, 5.74) is 2.54. The van der Waals surface area contributed by atoms with Gasteiger partial charge in [-0.1, -0.05) is 23.7 Å². The van der Waals surface area contributed by atoms with Crippen LogP contribution in [0.15, 0.2) is 60.8 Å². The van der Waals surface area contributed by atoms with E-state index in [0.29, 0.717) is 27.7 Å². The largest absolute Gasteiger partial charge is 0.495 e. The Morgan fingerprint density at radius 3 is 2.57 bits per heavy atom.